The number of aryl methyl sites for hydroxylation is 1. The Morgan fingerprint density at radius 3 is 3.06 bits per heavy atom. The summed E-state index contributed by atoms with van der Waals surface area (Å²) in [5.74, 6) is 1.14. The van der Waals surface area contributed by atoms with E-state index in [0.29, 0.717) is 6.54 Å². The first kappa shape index (κ1) is 11.5. The Labute approximate surface area is 101 Å². The van der Waals surface area contributed by atoms with Crippen molar-refractivity contribution in [1.82, 2.24) is 15.1 Å². The first-order valence-corrected chi connectivity index (χ1v) is 6.47. The van der Waals surface area contributed by atoms with Crippen LogP contribution in [0.5, 0.6) is 0 Å². The second-order valence-corrected chi connectivity index (χ2v) is 5.83. The number of aliphatic imine (C=N–C) groups is 1. The maximum absolute atomic E-state index is 4.58. The first-order chi connectivity index (χ1) is 7.55. The summed E-state index contributed by atoms with van der Waals surface area (Å²) in [5, 5.41) is 8.64. The number of nitrogens with zero attached hydrogens (tertiary/aromatic N) is 3. The van der Waals surface area contributed by atoms with Crippen LogP contribution < -0.4 is 5.32 Å². The van der Waals surface area contributed by atoms with E-state index in [2.05, 4.69) is 29.3 Å². The van der Waals surface area contributed by atoms with Crippen molar-refractivity contribution in [3.63, 3.8) is 0 Å². The van der Waals surface area contributed by atoms with Crippen LogP contribution in [-0.4, -0.2) is 26.2 Å². The largest absolute Gasteiger partial charge is 0.360 e. The lowest BCUT2D eigenvalue weighted by Crippen LogP contribution is -2.46. The van der Waals surface area contributed by atoms with Crippen LogP contribution in [0.2, 0.25) is 0 Å². The highest BCUT2D eigenvalue weighted by molar-refractivity contribution is 8.13. The number of hydrogen-bond acceptors (Lipinski definition) is 3. The van der Waals surface area contributed by atoms with Gasteiger partial charge in [0.05, 0.1) is 12.7 Å². The molecular formula is C11H18N4S. The van der Waals surface area contributed by atoms with Crippen LogP contribution in [0.1, 0.15) is 25.8 Å². The van der Waals surface area contributed by atoms with Crippen LogP contribution in [0.15, 0.2) is 17.4 Å². The molecule has 5 heteroatoms. The molecule has 2 rings (SSSR count). The highest BCUT2D eigenvalue weighted by Gasteiger charge is 2.23. The molecular weight excluding hydrogens is 220 g/mol. The molecule has 0 radical (unpaired) electrons. The Morgan fingerprint density at radius 2 is 2.44 bits per heavy atom. The van der Waals surface area contributed by atoms with Crippen molar-refractivity contribution in [2.75, 3.05) is 5.75 Å². The van der Waals surface area contributed by atoms with Gasteiger partial charge in [0.2, 0.25) is 0 Å². The van der Waals surface area contributed by atoms with E-state index >= 15 is 0 Å². The number of nitrogens with one attached hydrogen (secondary N) is 1. The molecule has 0 saturated carbocycles. The summed E-state index contributed by atoms with van der Waals surface area (Å²) in [5.41, 5.74) is 1.33. The van der Waals surface area contributed by atoms with Crippen LogP contribution >= 0.6 is 11.8 Å². The number of amidine groups is 1. The van der Waals surface area contributed by atoms with E-state index in [1.165, 1.54) is 6.42 Å². The van der Waals surface area contributed by atoms with Crippen LogP contribution in [0.4, 0.5) is 0 Å². The normalized spacial score (nSPS) is 22.1. The summed E-state index contributed by atoms with van der Waals surface area (Å²) in [7, 11) is 1.92. The van der Waals surface area contributed by atoms with Gasteiger partial charge < -0.3 is 5.32 Å². The van der Waals surface area contributed by atoms with Crippen LogP contribution in [0.3, 0.4) is 0 Å². The van der Waals surface area contributed by atoms with E-state index in [9.17, 15) is 0 Å². The molecule has 0 aliphatic carbocycles. The van der Waals surface area contributed by atoms with E-state index in [1.54, 1.807) is 16.4 Å². The fraction of sp³-hybridized carbons (Fsp3) is 0.636. The molecule has 0 spiro atoms. The van der Waals surface area contributed by atoms with E-state index in [-0.39, 0.29) is 5.54 Å². The Bertz CT molecular complexity index is 394. The highest BCUT2D eigenvalue weighted by Crippen LogP contribution is 2.21. The van der Waals surface area contributed by atoms with E-state index < -0.39 is 0 Å². The predicted octanol–water partition coefficient (Wildman–Crippen LogP) is 1.78. The maximum atomic E-state index is 4.58. The van der Waals surface area contributed by atoms with Crippen LogP contribution in [-0.2, 0) is 13.6 Å². The third-order valence-electron chi connectivity index (χ3n) is 2.57. The molecule has 1 N–H and O–H groups in total. The van der Waals surface area contributed by atoms with Gasteiger partial charge >= 0.3 is 0 Å². The first-order valence-electron chi connectivity index (χ1n) is 5.48. The summed E-state index contributed by atoms with van der Waals surface area (Å²) < 4.78 is 1.81. The minimum absolute atomic E-state index is 0.180. The Morgan fingerprint density at radius 1 is 1.62 bits per heavy atom. The molecule has 2 heterocycles. The molecule has 1 aliphatic rings. The summed E-state index contributed by atoms with van der Waals surface area (Å²) in [6.45, 7) is 5.14. The van der Waals surface area contributed by atoms with E-state index in [1.807, 2.05) is 19.4 Å². The standard InChI is InChI=1S/C11H18N4S/c1-11(2)4-5-16-10(14-11)12-6-9-7-13-15(3)8-9/h7-8H,4-6H2,1-3H3,(H,12,14). The number of rotatable bonds is 2. The molecule has 4 nitrogen and oxygen atoms in total. The number of thioether (sulfide) groups is 1. The van der Waals surface area contributed by atoms with Gasteiger partial charge in [-0.3, -0.25) is 9.67 Å². The van der Waals surface area contributed by atoms with Gasteiger partial charge in [0.15, 0.2) is 5.17 Å². The van der Waals surface area contributed by atoms with Crippen molar-refractivity contribution in [2.24, 2.45) is 12.0 Å². The Balaban J connectivity index is 1.97. The third-order valence-corrected chi connectivity index (χ3v) is 3.49. The summed E-state index contributed by atoms with van der Waals surface area (Å²) in [6, 6.07) is 0. The lowest BCUT2D eigenvalue weighted by atomic mass is 10.0. The van der Waals surface area contributed by atoms with Gasteiger partial charge in [0.25, 0.3) is 0 Å². The molecule has 1 saturated heterocycles. The SMILES string of the molecule is Cn1cc(CN=C2NC(C)(C)CCS2)cn1. The summed E-state index contributed by atoms with van der Waals surface area (Å²) in [4.78, 5) is 4.58. The van der Waals surface area contributed by atoms with E-state index in [4.69, 9.17) is 0 Å². The number of hydrogen-bond donors (Lipinski definition) is 1. The van der Waals surface area contributed by atoms with Crippen molar-refractivity contribution in [2.45, 2.75) is 32.4 Å². The van der Waals surface area contributed by atoms with Gasteiger partial charge in [0, 0.05) is 30.1 Å². The molecule has 0 atom stereocenters. The average Bonchev–Trinajstić information content (AvgIpc) is 2.60. The average molecular weight is 238 g/mol. The second-order valence-electron chi connectivity index (χ2n) is 4.75. The predicted molar refractivity (Wildman–Crippen MR) is 68.6 cm³/mol. The number of aromatic nitrogens is 2. The molecule has 1 fully saturated rings. The van der Waals surface area contributed by atoms with Crippen molar-refractivity contribution in [1.29, 1.82) is 0 Å². The summed E-state index contributed by atoms with van der Waals surface area (Å²) in [6.07, 6.45) is 5.05. The molecule has 16 heavy (non-hydrogen) atoms. The molecule has 0 amide bonds. The van der Waals surface area contributed by atoms with Crippen LogP contribution in [0.25, 0.3) is 0 Å². The van der Waals surface area contributed by atoms with Gasteiger partial charge in [-0.1, -0.05) is 11.8 Å². The quantitative estimate of drug-likeness (QED) is 0.854. The molecule has 1 aromatic heterocycles. The van der Waals surface area contributed by atoms with Gasteiger partial charge in [-0.15, -0.1) is 0 Å². The lowest BCUT2D eigenvalue weighted by Gasteiger charge is -2.32. The zero-order chi connectivity index (χ0) is 11.6. The van der Waals surface area contributed by atoms with Gasteiger partial charge in [-0.25, -0.2) is 0 Å². The fourth-order valence-electron chi connectivity index (χ4n) is 1.59. The van der Waals surface area contributed by atoms with Crippen LogP contribution in [0, 0.1) is 0 Å². The third kappa shape index (κ3) is 3.01. The zero-order valence-corrected chi connectivity index (χ0v) is 10.8. The zero-order valence-electron chi connectivity index (χ0n) is 10.0. The Hall–Kier alpha value is -0.970. The van der Waals surface area contributed by atoms with Gasteiger partial charge in [-0.2, -0.15) is 5.10 Å². The molecule has 88 valence electrons. The Kier molecular flexibility index (Phi) is 3.23. The highest BCUT2D eigenvalue weighted by atomic mass is 32.2. The minimum Gasteiger partial charge on any atom is -0.360 e. The van der Waals surface area contributed by atoms with Crippen molar-refractivity contribution >= 4 is 16.9 Å². The smallest absolute Gasteiger partial charge is 0.157 e. The molecule has 0 unspecified atom stereocenters. The lowest BCUT2D eigenvalue weighted by molar-refractivity contribution is 0.446. The fourth-order valence-corrected chi connectivity index (χ4v) is 2.90. The van der Waals surface area contributed by atoms with E-state index in [0.717, 1.165) is 16.5 Å². The van der Waals surface area contributed by atoms with Crippen molar-refractivity contribution in [3.05, 3.63) is 18.0 Å². The molecule has 0 aromatic carbocycles. The molecule has 1 aromatic rings. The molecule has 1 aliphatic heterocycles. The molecule has 0 bridgehead atoms. The topological polar surface area (TPSA) is 42.2 Å². The summed E-state index contributed by atoms with van der Waals surface area (Å²) >= 11 is 1.80. The maximum Gasteiger partial charge on any atom is 0.157 e. The van der Waals surface area contributed by atoms with Gasteiger partial charge in [0.1, 0.15) is 0 Å². The van der Waals surface area contributed by atoms with Gasteiger partial charge in [-0.05, 0) is 20.3 Å². The second kappa shape index (κ2) is 4.49. The minimum atomic E-state index is 0.180. The van der Waals surface area contributed by atoms with Crippen molar-refractivity contribution in [3.8, 4) is 0 Å². The van der Waals surface area contributed by atoms with Crippen molar-refractivity contribution < 1.29 is 0 Å². The monoisotopic (exact) mass is 238 g/mol.